The lowest BCUT2D eigenvalue weighted by Gasteiger charge is -2.63. The van der Waals surface area contributed by atoms with Gasteiger partial charge in [-0.15, -0.1) is 10.1 Å². The van der Waals surface area contributed by atoms with Crippen molar-refractivity contribution in [3.8, 4) is 11.5 Å². The number of carbonyl (C=O) groups excluding carboxylic acids is 4. The van der Waals surface area contributed by atoms with Crippen molar-refractivity contribution in [1.29, 1.82) is 0 Å². The SMILES string of the molecule is COc1cc(C(=O)OCCCCC(C)O[N+](=O)[O-])ccc1OC(=O)OCC(=O)[C@@]12OC(C)(C)O[C@@H]1CC1C3C[C@H](F)C4=CC(=O)C=C[C@]4(C)[C@@]3(F)[C@@H](O)C[C@@]12C. The van der Waals surface area contributed by atoms with Crippen LogP contribution in [0.4, 0.5) is 13.6 Å². The van der Waals surface area contributed by atoms with Crippen LogP contribution in [-0.2, 0) is 33.4 Å². The summed E-state index contributed by atoms with van der Waals surface area (Å²) in [6.45, 7) is 7.14. The lowest BCUT2D eigenvalue weighted by molar-refractivity contribution is -0.767. The average Bonchev–Trinajstić information content (AvgIpc) is 3.54. The molecular formula is C39H47F2NO14. The quantitative estimate of drug-likeness (QED) is 0.0862. The van der Waals surface area contributed by atoms with Gasteiger partial charge >= 0.3 is 12.1 Å². The Morgan fingerprint density at radius 3 is 2.52 bits per heavy atom. The van der Waals surface area contributed by atoms with Crippen molar-refractivity contribution in [3.05, 3.63) is 57.7 Å². The fourth-order valence-corrected chi connectivity index (χ4v) is 10.0. The first-order valence-electron chi connectivity index (χ1n) is 18.6. The number of ether oxygens (including phenoxy) is 6. The van der Waals surface area contributed by atoms with Crippen molar-refractivity contribution in [1.82, 2.24) is 0 Å². The first-order chi connectivity index (χ1) is 26.2. The van der Waals surface area contributed by atoms with Crippen molar-refractivity contribution in [2.75, 3.05) is 20.3 Å². The van der Waals surface area contributed by atoms with Gasteiger partial charge in [0.05, 0.1) is 31.5 Å². The highest BCUT2D eigenvalue weighted by atomic mass is 19.1. The van der Waals surface area contributed by atoms with E-state index in [0.29, 0.717) is 19.3 Å². The molecule has 1 N–H and O–H groups in total. The van der Waals surface area contributed by atoms with Crippen LogP contribution in [0.5, 0.6) is 11.5 Å². The fourth-order valence-electron chi connectivity index (χ4n) is 10.0. The van der Waals surface area contributed by atoms with Crippen LogP contribution in [0.15, 0.2) is 42.0 Å². The summed E-state index contributed by atoms with van der Waals surface area (Å²) in [5.74, 6) is -5.15. The number of fused-ring (bicyclic) bond motifs is 7. The van der Waals surface area contributed by atoms with E-state index in [0.717, 1.165) is 6.08 Å². The molecule has 0 amide bonds. The molecule has 56 heavy (non-hydrogen) atoms. The molecule has 4 aliphatic carbocycles. The molecule has 17 heteroatoms. The summed E-state index contributed by atoms with van der Waals surface area (Å²) >= 11 is 0. The number of benzene rings is 1. The fraction of sp³-hybridized carbons (Fsp3) is 0.641. The number of methoxy groups -OCH3 is 1. The minimum atomic E-state index is -2.39. The molecule has 0 radical (unpaired) electrons. The molecule has 4 fully saturated rings. The molecule has 15 nitrogen and oxygen atoms in total. The van der Waals surface area contributed by atoms with Gasteiger partial charge in [0.15, 0.2) is 40.9 Å². The van der Waals surface area contributed by atoms with E-state index in [1.807, 2.05) is 0 Å². The van der Waals surface area contributed by atoms with E-state index < -0.39 is 99.6 Å². The zero-order valence-electron chi connectivity index (χ0n) is 32.0. The molecular weight excluding hydrogens is 744 g/mol. The molecule has 5 aliphatic rings. The van der Waals surface area contributed by atoms with Gasteiger partial charge in [-0.25, -0.2) is 18.4 Å². The number of ketones is 2. The lowest BCUT2D eigenvalue weighted by atomic mass is 9.44. The number of Topliss-reactive ketones (excluding diaryl/α,β-unsaturated/α-hetero) is 1. The number of halogens is 2. The summed E-state index contributed by atoms with van der Waals surface area (Å²) < 4.78 is 67.4. The van der Waals surface area contributed by atoms with Crippen LogP contribution in [-0.4, -0.2) is 95.7 Å². The number of carbonyl (C=O) groups is 4. The molecule has 1 heterocycles. The monoisotopic (exact) mass is 791 g/mol. The van der Waals surface area contributed by atoms with Gasteiger partial charge in [0.25, 0.3) is 5.09 Å². The second kappa shape index (κ2) is 14.8. The average molecular weight is 792 g/mol. The Balaban J connectivity index is 1.13. The Morgan fingerprint density at radius 2 is 1.82 bits per heavy atom. The minimum Gasteiger partial charge on any atom is -0.493 e. The van der Waals surface area contributed by atoms with E-state index in [-0.39, 0.29) is 48.5 Å². The number of allylic oxidation sites excluding steroid dienone is 4. The van der Waals surface area contributed by atoms with Crippen LogP contribution in [0, 0.1) is 32.8 Å². The lowest BCUT2D eigenvalue weighted by Crippen LogP contribution is -2.71. The largest absolute Gasteiger partial charge is 0.514 e. The Hall–Kier alpha value is -4.48. The number of aliphatic hydroxyl groups is 1. The standard InChI is InChI=1S/C39H47F2NO14/c1-21(55-42(48)49)9-7-8-14-51-33(46)22-10-11-28(29(15-22)50-6)53-34(47)52-20-31(45)39-32(54-35(2,3)56-39)18-24-25-17-27(40)26-16-23(43)12-13-36(26,4)38(25,41)30(44)19-37(24,39)5/h10-13,15-16,21,24-25,27,30,32,44H,7-9,14,17-20H2,1-6H3/t21?,24?,25?,27-,30-,32+,36-,37-,38-,39+/m0/s1. The summed E-state index contributed by atoms with van der Waals surface area (Å²) in [5, 5.41) is 21.3. The van der Waals surface area contributed by atoms with E-state index in [4.69, 9.17) is 28.4 Å². The van der Waals surface area contributed by atoms with Gasteiger partial charge in [-0.3, -0.25) is 9.59 Å². The van der Waals surface area contributed by atoms with Crippen LogP contribution in [0.2, 0.25) is 0 Å². The molecule has 306 valence electrons. The van der Waals surface area contributed by atoms with Crippen LogP contribution < -0.4 is 9.47 Å². The maximum absolute atomic E-state index is 17.7. The first-order valence-corrected chi connectivity index (χ1v) is 18.6. The van der Waals surface area contributed by atoms with Gasteiger partial charge in [0.1, 0.15) is 12.3 Å². The van der Waals surface area contributed by atoms with Crippen LogP contribution in [0.1, 0.15) is 83.5 Å². The molecule has 3 unspecified atom stereocenters. The molecule has 6 rings (SSSR count). The zero-order chi connectivity index (χ0) is 41.0. The third kappa shape index (κ3) is 6.74. The zero-order valence-corrected chi connectivity index (χ0v) is 32.0. The van der Waals surface area contributed by atoms with Crippen molar-refractivity contribution in [2.45, 2.75) is 115 Å². The Kier molecular flexibility index (Phi) is 10.9. The van der Waals surface area contributed by atoms with Crippen molar-refractivity contribution in [2.24, 2.45) is 22.7 Å². The van der Waals surface area contributed by atoms with Crippen LogP contribution in [0.25, 0.3) is 0 Å². The normalized spacial score (nSPS) is 35.5. The highest BCUT2D eigenvalue weighted by Gasteiger charge is 2.80. The second-order valence-electron chi connectivity index (χ2n) is 16.1. The minimum absolute atomic E-state index is 0.0239. The van der Waals surface area contributed by atoms with Crippen molar-refractivity contribution >= 4 is 23.7 Å². The molecule has 1 saturated heterocycles. The maximum Gasteiger partial charge on any atom is 0.514 e. The maximum atomic E-state index is 17.7. The van der Waals surface area contributed by atoms with E-state index in [9.17, 15) is 34.4 Å². The third-order valence-corrected chi connectivity index (χ3v) is 12.5. The molecule has 3 saturated carbocycles. The summed E-state index contributed by atoms with van der Waals surface area (Å²) in [6, 6.07) is 3.88. The molecule has 0 bridgehead atoms. The van der Waals surface area contributed by atoms with E-state index in [1.54, 1.807) is 27.7 Å². The Labute approximate surface area is 321 Å². The first kappa shape index (κ1) is 41.2. The Bertz CT molecular complexity index is 1850. The molecule has 1 aromatic carbocycles. The van der Waals surface area contributed by atoms with Crippen molar-refractivity contribution < 1.29 is 71.4 Å². The number of alkyl halides is 2. The molecule has 0 spiro atoms. The van der Waals surface area contributed by atoms with Gasteiger partial charge in [-0.2, -0.15) is 0 Å². The molecule has 0 aromatic heterocycles. The highest BCUT2D eigenvalue weighted by molar-refractivity contribution is 6.01. The number of aliphatic hydroxyl groups excluding tert-OH is 1. The van der Waals surface area contributed by atoms with Gasteiger partial charge in [0.2, 0.25) is 5.78 Å². The van der Waals surface area contributed by atoms with Gasteiger partial charge in [0, 0.05) is 16.7 Å². The number of esters is 1. The van der Waals surface area contributed by atoms with Crippen molar-refractivity contribution in [3.63, 3.8) is 0 Å². The number of nitrogens with zero attached hydrogens (tertiary/aromatic N) is 1. The topological polar surface area (TPSA) is 196 Å². The smallest absolute Gasteiger partial charge is 0.493 e. The van der Waals surface area contributed by atoms with Gasteiger partial charge in [-0.1, -0.05) is 13.0 Å². The van der Waals surface area contributed by atoms with E-state index >= 15 is 8.78 Å². The van der Waals surface area contributed by atoms with E-state index in [1.165, 1.54) is 44.4 Å². The molecule has 10 atom stereocenters. The number of unbranched alkanes of at least 4 members (excludes halogenated alkanes) is 1. The number of hydrogen-bond donors (Lipinski definition) is 1. The predicted molar refractivity (Wildman–Crippen MR) is 188 cm³/mol. The Morgan fingerprint density at radius 1 is 1.09 bits per heavy atom. The highest BCUT2D eigenvalue weighted by Crippen LogP contribution is 2.72. The van der Waals surface area contributed by atoms with E-state index in [2.05, 4.69) is 4.84 Å². The number of hydrogen-bond acceptors (Lipinski definition) is 14. The van der Waals surface area contributed by atoms with Crippen LogP contribution >= 0.6 is 0 Å². The summed E-state index contributed by atoms with van der Waals surface area (Å²) in [6.07, 6.45) is -1.77. The van der Waals surface area contributed by atoms with Gasteiger partial charge < -0.3 is 38.4 Å². The third-order valence-electron chi connectivity index (χ3n) is 12.5. The number of rotatable bonds is 13. The molecule has 1 aliphatic heterocycles. The van der Waals surface area contributed by atoms with Gasteiger partial charge in [-0.05, 0) is 108 Å². The molecule has 1 aromatic rings. The summed E-state index contributed by atoms with van der Waals surface area (Å²) in [5.41, 5.74) is -7.08. The summed E-state index contributed by atoms with van der Waals surface area (Å²) in [7, 11) is 1.28. The predicted octanol–water partition coefficient (Wildman–Crippen LogP) is 5.52. The van der Waals surface area contributed by atoms with Crippen LogP contribution in [0.3, 0.4) is 0 Å². The summed E-state index contributed by atoms with van der Waals surface area (Å²) in [4.78, 5) is 67.0. The second-order valence-corrected chi connectivity index (χ2v) is 16.1.